The molecule has 1 heterocycles. The Hall–Kier alpha value is -0.510. The Morgan fingerprint density at radius 3 is 3.06 bits per heavy atom. The van der Waals surface area contributed by atoms with E-state index < -0.39 is 0 Å². The van der Waals surface area contributed by atoms with Crippen molar-refractivity contribution in [2.24, 2.45) is 0 Å². The molecule has 1 aromatic heterocycles. The second kappa shape index (κ2) is 5.21. The van der Waals surface area contributed by atoms with Crippen LogP contribution in [-0.2, 0) is 11.3 Å². The zero-order chi connectivity index (χ0) is 11.5. The standard InChI is InChI=1S/C11H14Cl2N2O/c1-16-5-4-15-11(10(13)7-14-15)8-2-3-9(12)6-8/h6-7,9H,2-5H2,1H3. The van der Waals surface area contributed by atoms with E-state index in [2.05, 4.69) is 11.2 Å². The van der Waals surface area contributed by atoms with Crippen LogP contribution in [0.2, 0.25) is 5.02 Å². The first-order chi connectivity index (χ1) is 7.72. The van der Waals surface area contributed by atoms with Crippen LogP contribution < -0.4 is 0 Å². The van der Waals surface area contributed by atoms with E-state index in [9.17, 15) is 0 Å². The van der Waals surface area contributed by atoms with Gasteiger partial charge in [-0.15, -0.1) is 11.6 Å². The van der Waals surface area contributed by atoms with Crippen LogP contribution in [0.15, 0.2) is 12.3 Å². The van der Waals surface area contributed by atoms with Crippen molar-refractivity contribution in [2.75, 3.05) is 13.7 Å². The van der Waals surface area contributed by atoms with E-state index in [0.717, 1.165) is 18.5 Å². The summed E-state index contributed by atoms with van der Waals surface area (Å²) in [6.45, 7) is 1.34. The number of methoxy groups -OCH3 is 1. The number of nitrogens with zero attached hydrogens (tertiary/aromatic N) is 2. The van der Waals surface area contributed by atoms with E-state index in [1.165, 1.54) is 5.57 Å². The average Bonchev–Trinajstić information content (AvgIpc) is 2.82. The summed E-state index contributed by atoms with van der Waals surface area (Å²) in [6.07, 6.45) is 5.68. The van der Waals surface area contributed by atoms with Gasteiger partial charge in [0, 0.05) is 7.11 Å². The molecule has 1 atom stereocenters. The third-order valence-electron chi connectivity index (χ3n) is 2.68. The molecule has 0 saturated heterocycles. The van der Waals surface area contributed by atoms with Crippen LogP contribution in [0, 0.1) is 0 Å². The molecular formula is C11H14Cl2N2O. The lowest BCUT2D eigenvalue weighted by Crippen LogP contribution is -2.08. The molecule has 0 amide bonds. The summed E-state index contributed by atoms with van der Waals surface area (Å²) in [5, 5.41) is 5.05. The number of alkyl halides is 1. The molecule has 16 heavy (non-hydrogen) atoms. The summed E-state index contributed by atoms with van der Waals surface area (Å²) in [6, 6.07) is 0. The number of ether oxygens (including phenoxy) is 1. The highest BCUT2D eigenvalue weighted by Gasteiger charge is 2.20. The number of allylic oxidation sites excluding steroid dienone is 2. The van der Waals surface area contributed by atoms with Crippen LogP contribution in [0.1, 0.15) is 18.5 Å². The molecule has 0 aromatic carbocycles. The lowest BCUT2D eigenvalue weighted by atomic mass is 10.1. The molecule has 0 aliphatic heterocycles. The van der Waals surface area contributed by atoms with E-state index in [-0.39, 0.29) is 5.38 Å². The fraction of sp³-hybridized carbons (Fsp3) is 0.545. The van der Waals surface area contributed by atoms with Crippen molar-refractivity contribution in [3.63, 3.8) is 0 Å². The first-order valence-corrected chi connectivity index (χ1v) is 6.09. The first kappa shape index (κ1) is 12.0. The van der Waals surface area contributed by atoms with Crippen LogP contribution in [0.3, 0.4) is 0 Å². The van der Waals surface area contributed by atoms with E-state index in [0.29, 0.717) is 18.2 Å². The van der Waals surface area contributed by atoms with E-state index in [1.54, 1.807) is 13.3 Å². The molecule has 5 heteroatoms. The van der Waals surface area contributed by atoms with Crippen molar-refractivity contribution in [1.82, 2.24) is 9.78 Å². The van der Waals surface area contributed by atoms with Crippen LogP contribution >= 0.6 is 23.2 Å². The molecule has 0 bridgehead atoms. The molecule has 1 aliphatic rings. The van der Waals surface area contributed by atoms with Gasteiger partial charge in [-0.2, -0.15) is 5.10 Å². The van der Waals surface area contributed by atoms with Gasteiger partial charge in [0.25, 0.3) is 0 Å². The van der Waals surface area contributed by atoms with Crippen LogP contribution in [0.5, 0.6) is 0 Å². The molecular weight excluding hydrogens is 247 g/mol. The van der Waals surface area contributed by atoms with Gasteiger partial charge in [0.1, 0.15) is 0 Å². The third kappa shape index (κ3) is 2.42. The summed E-state index contributed by atoms with van der Waals surface area (Å²) in [5.74, 6) is 0. The number of hydrogen-bond acceptors (Lipinski definition) is 2. The quantitative estimate of drug-likeness (QED) is 0.779. The Bertz CT molecular complexity index is 401. The molecule has 0 fully saturated rings. The van der Waals surface area contributed by atoms with Gasteiger partial charge >= 0.3 is 0 Å². The van der Waals surface area contributed by atoms with Crippen molar-refractivity contribution in [3.8, 4) is 0 Å². The van der Waals surface area contributed by atoms with Crippen molar-refractivity contribution in [3.05, 3.63) is 23.0 Å². The summed E-state index contributed by atoms with van der Waals surface area (Å²) in [7, 11) is 1.68. The molecule has 1 aliphatic carbocycles. The van der Waals surface area contributed by atoms with Crippen molar-refractivity contribution in [2.45, 2.75) is 24.8 Å². The molecule has 0 radical (unpaired) electrons. The van der Waals surface area contributed by atoms with E-state index >= 15 is 0 Å². The Morgan fingerprint density at radius 1 is 1.62 bits per heavy atom. The molecule has 1 unspecified atom stereocenters. The predicted octanol–water partition coefficient (Wildman–Crippen LogP) is 2.97. The maximum atomic E-state index is 6.14. The maximum Gasteiger partial charge on any atom is 0.0862 e. The zero-order valence-electron chi connectivity index (χ0n) is 9.12. The highest BCUT2D eigenvalue weighted by molar-refractivity contribution is 6.32. The molecule has 1 aromatic rings. The normalized spacial score (nSPS) is 20.2. The Kier molecular flexibility index (Phi) is 3.90. The molecule has 88 valence electrons. The molecule has 2 rings (SSSR count). The van der Waals surface area contributed by atoms with Gasteiger partial charge < -0.3 is 4.74 Å². The highest BCUT2D eigenvalue weighted by Crippen LogP contribution is 2.34. The lowest BCUT2D eigenvalue weighted by Gasteiger charge is -2.08. The molecule has 0 saturated carbocycles. The second-order valence-electron chi connectivity index (χ2n) is 3.80. The van der Waals surface area contributed by atoms with Gasteiger partial charge in [-0.1, -0.05) is 17.7 Å². The topological polar surface area (TPSA) is 27.1 Å². The van der Waals surface area contributed by atoms with Gasteiger partial charge in [0.15, 0.2) is 0 Å². The van der Waals surface area contributed by atoms with Crippen molar-refractivity contribution >= 4 is 28.8 Å². The minimum atomic E-state index is 0.122. The molecule has 0 N–H and O–H groups in total. The summed E-state index contributed by atoms with van der Waals surface area (Å²) < 4.78 is 6.93. The second-order valence-corrected chi connectivity index (χ2v) is 4.77. The Labute approximate surface area is 105 Å². The van der Waals surface area contributed by atoms with E-state index in [1.807, 2.05) is 4.68 Å². The van der Waals surface area contributed by atoms with Gasteiger partial charge in [-0.05, 0) is 18.4 Å². The third-order valence-corrected chi connectivity index (χ3v) is 3.30. The van der Waals surface area contributed by atoms with Crippen molar-refractivity contribution < 1.29 is 4.74 Å². The Morgan fingerprint density at radius 2 is 2.44 bits per heavy atom. The first-order valence-electron chi connectivity index (χ1n) is 5.27. The van der Waals surface area contributed by atoms with Gasteiger partial charge in [0.2, 0.25) is 0 Å². The molecule has 0 spiro atoms. The largest absolute Gasteiger partial charge is 0.383 e. The predicted molar refractivity (Wildman–Crippen MR) is 66.0 cm³/mol. The lowest BCUT2D eigenvalue weighted by molar-refractivity contribution is 0.183. The average molecular weight is 261 g/mol. The summed E-state index contributed by atoms with van der Waals surface area (Å²) in [5.41, 5.74) is 2.18. The zero-order valence-corrected chi connectivity index (χ0v) is 10.6. The minimum absolute atomic E-state index is 0.122. The number of rotatable bonds is 4. The molecule has 3 nitrogen and oxygen atoms in total. The van der Waals surface area contributed by atoms with E-state index in [4.69, 9.17) is 27.9 Å². The van der Waals surface area contributed by atoms with Gasteiger partial charge in [-0.25, -0.2) is 0 Å². The smallest absolute Gasteiger partial charge is 0.0862 e. The summed E-state index contributed by atoms with van der Waals surface area (Å²) in [4.78, 5) is 0. The van der Waals surface area contributed by atoms with Gasteiger partial charge in [0.05, 0.1) is 35.4 Å². The summed E-state index contributed by atoms with van der Waals surface area (Å²) >= 11 is 12.2. The van der Waals surface area contributed by atoms with Crippen LogP contribution in [-0.4, -0.2) is 28.9 Å². The van der Waals surface area contributed by atoms with Gasteiger partial charge in [-0.3, -0.25) is 4.68 Å². The Balaban J connectivity index is 2.25. The SMILES string of the molecule is COCCn1ncc(Cl)c1C1=CC(Cl)CC1. The van der Waals surface area contributed by atoms with Crippen LogP contribution in [0.25, 0.3) is 5.57 Å². The van der Waals surface area contributed by atoms with Crippen LogP contribution in [0.4, 0.5) is 0 Å². The van der Waals surface area contributed by atoms with Crippen molar-refractivity contribution in [1.29, 1.82) is 0 Å². The maximum absolute atomic E-state index is 6.14. The number of halogens is 2. The highest BCUT2D eigenvalue weighted by atomic mass is 35.5. The number of aromatic nitrogens is 2. The minimum Gasteiger partial charge on any atom is -0.383 e. The fourth-order valence-corrected chi connectivity index (χ4v) is 2.43. The fourth-order valence-electron chi connectivity index (χ4n) is 1.90. The number of hydrogen-bond donors (Lipinski definition) is 0. The monoisotopic (exact) mass is 260 g/mol.